The summed E-state index contributed by atoms with van der Waals surface area (Å²) in [6, 6.07) is 0. The normalized spacial score (nSPS) is 13.1. The number of hydrogen-bond donors (Lipinski definition) is 5. The molecule has 84 valence electrons. The van der Waals surface area contributed by atoms with Gasteiger partial charge in [0.1, 0.15) is 0 Å². The summed E-state index contributed by atoms with van der Waals surface area (Å²) in [5.41, 5.74) is 0. The SMILES string of the molecule is CC(C)(S)C(P(=O)(O)O)P(=O)(O)O.[H-].[H-].[Na+].[Na+]. The van der Waals surface area contributed by atoms with E-state index in [1.165, 1.54) is 13.8 Å². The molecule has 0 heterocycles. The van der Waals surface area contributed by atoms with Gasteiger partial charge in [0.25, 0.3) is 0 Å². The van der Waals surface area contributed by atoms with E-state index < -0.39 is 25.3 Å². The molecule has 11 heteroatoms. The van der Waals surface area contributed by atoms with Crippen molar-refractivity contribution in [3.05, 3.63) is 0 Å². The maximum absolute atomic E-state index is 10.8. The maximum atomic E-state index is 10.8. The van der Waals surface area contributed by atoms with E-state index in [4.69, 9.17) is 19.6 Å². The molecule has 0 rings (SSSR count). The second kappa shape index (κ2) is 7.29. The van der Waals surface area contributed by atoms with Crippen LogP contribution in [-0.2, 0) is 9.13 Å². The molecule has 0 fully saturated rings. The minimum Gasteiger partial charge on any atom is -1.00 e. The summed E-state index contributed by atoms with van der Waals surface area (Å²) in [7, 11) is -9.72. The summed E-state index contributed by atoms with van der Waals surface area (Å²) in [6.45, 7) is 2.47. The zero-order valence-electron chi connectivity index (χ0n) is 11.0. The molecule has 0 aromatic rings. The first-order chi connectivity index (χ1) is 5.37. The van der Waals surface area contributed by atoms with Crippen LogP contribution < -0.4 is 59.1 Å². The Labute approximate surface area is 141 Å². The van der Waals surface area contributed by atoms with Gasteiger partial charge in [-0.25, -0.2) is 0 Å². The van der Waals surface area contributed by atoms with Crippen LogP contribution >= 0.6 is 27.8 Å². The Balaban J connectivity index is -0.000000120. The summed E-state index contributed by atoms with van der Waals surface area (Å²) < 4.78 is 20.1. The second-order valence-corrected chi connectivity index (χ2v) is 8.15. The molecule has 0 amide bonds. The third-order valence-corrected chi connectivity index (χ3v) is 6.31. The van der Waals surface area contributed by atoms with Crippen molar-refractivity contribution in [1.29, 1.82) is 0 Å². The fourth-order valence-corrected chi connectivity index (χ4v) is 5.14. The third kappa shape index (κ3) is 8.38. The average Bonchev–Trinajstić information content (AvgIpc) is 1.44. The zero-order valence-corrected chi connectivity index (χ0v) is 15.7. The molecule has 6 nitrogen and oxygen atoms in total. The van der Waals surface area contributed by atoms with Crippen LogP contribution in [-0.4, -0.2) is 29.7 Å². The van der Waals surface area contributed by atoms with E-state index in [1.807, 2.05) is 0 Å². The summed E-state index contributed by atoms with van der Waals surface area (Å²) in [5, 5.41) is -2.07. The molecular weight excluding hydrogens is 284 g/mol. The van der Waals surface area contributed by atoms with Gasteiger partial charge in [-0.15, -0.1) is 0 Å². The molecule has 0 unspecified atom stereocenters. The van der Waals surface area contributed by atoms with Crippen LogP contribution in [0.3, 0.4) is 0 Å². The van der Waals surface area contributed by atoms with Gasteiger partial charge in [0.15, 0.2) is 5.40 Å². The smallest absolute Gasteiger partial charge is 1.00 e. The van der Waals surface area contributed by atoms with E-state index in [0.717, 1.165) is 0 Å². The molecule has 0 atom stereocenters. The van der Waals surface area contributed by atoms with Gasteiger partial charge in [-0.1, -0.05) is 0 Å². The summed E-state index contributed by atoms with van der Waals surface area (Å²) in [4.78, 5) is 34.9. The molecule has 0 saturated carbocycles. The van der Waals surface area contributed by atoms with Crippen molar-refractivity contribution >= 4 is 27.8 Å². The molecule has 0 aliphatic carbocycles. The molecule has 0 aliphatic heterocycles. The van der Waals surface area contributed by atoms with Crippen molar-refractivity contribution in [2.45, 2.75) is 24.0 Å². The molecule has 0 aliphatic rings. The van der Waals surface area contributed by atoms with E-state index in [-0.39, 0.29) is 62.0 Å². The molecule has 0 saturated heterocycles. The Morgan fingerprint density at radius 2 is 1.27 bits per heavy atom. The van der Waals surface area contributed by atoms with Gasteiger partial charge >= 0.3 is 74.3 Å². The van der Waals surface area contributed by atoms with Gasteiger partial charge in [0, 0.05) is 4.75 Å². The van der Waals surface area contributed by atoms with E-state index in [2.05, 4.69) is 12.6 Å². The Bertz CT molecular complexity index is 266. The van der Waals surface area contributed by atoms with Gasteiger partial charge in [-0.2, -0.15) is 12.6 Å². The van der Waals surface area contributed by atoms with Gasteiger partial charge in [-0.3, -0.25) is 9.13 Å². The van der Waals surface area contributed by atoms with Gasteiger partial charge in [-0.05, 0) is 13.8 Å². The Morgan fingerprint density at radius 1 is 1.07 bits per heavy atom. The molecule has 0 aromatic carbocycles. The predicted octanol–water partition coefficient (Wildman–Crippen LogP) is -5.39. The van der Waals surface area contributed by atoms with E-state index in [9.17, 15) is 9.13 Å². The van der Waals surface area contributed by atoms with Crippen molar-refractivity contribution in [2.75, 3.05) is 0 Å². The molecule has 0 aromatic heterocycles. The van der Waals surface area contributed by atoms with E-state index in [1.54, 1.807) is 0 Å². The minimum absolute atomic E-state index is 0. The number of rotatable bonds is 3. The van der Waals surface area contributed by atoms with Crippen molar-refractivity contribution in [3.63, 3.8) is 0 Å². The van der Waals surface area contributed by atoms with Crippen LogP contribution in [0, 0.1) is 0 Å². The first-order valence-electron chi connectivity index (χ1n) is 3.19. The van der Waals surface area contributed by atoms with Crippen LogP contribution in [0.4, 0.5) is 0 Å². The third-order valence-electron chi connectivity index (χ3n) is 1.27. The van der Waals surface area contributed by atoms with Gasteiger partial charge in [0.05, 0.1) is 0 Å². The van der Waals surface area contributed by atoms with Crippen LogP contribution in [0.15, 0.2) is 0 Å². The largest absolute Gasteiger partial charge is 1.00 e. The summed E-state index contributed by atoms with van der Waals surface area (Å²) >= 11 is 3.75. The monoisotopic (exact) mass is 298 g/mol. The molecular formula is C4H14Na2O6P2S. The first-order valence-corrected chi connectivity index (χ1v) is 7.00. The van der Waals surface area contributed by atoms with Crippen molar-refractivity contribution < 1.29 is 90.7 Å². The quantitative estimate of drug-likeness (QED) is 0.202. The van der Waals surface area contributed by atoms with Crippen LogP contribution in [0.25, 0.3) is 0 Å². The topological polar surface area (TPSA) is 115 Å². The summed E-state index contributed by atoms with van der Waals surface area (Å²) in [6.07, 6.45) is 0. The number of thiol groups is 1. The predicted molar refractivity (Wildman–Crippen MR) is 53.2 cm³/mol. The van der Waals surface area contributed by atoms with E-state index >= 15 is 0 Å². The first kappa shape index (κ1) is 22.8. The minimum atomic E-state index is -4.86. The van der Waals surface area contributed by atoms with Crippen molar-refractivity contribution in [2.24, 2.45) is 0 Å². The van der Waals surface area contributed by atoms with Crippen molar-refractivity contribution in [3.8, 4) is 0 Å². The van der Waals surface area contributed by atoms with Gasteiger partial charge < -0.3 is 22.4 Å². The number of hydrogen-bond acceptors (Lipinski definition) is 3. The van der Waals surface area contributed by atoms with E-state index in [0.29, 0.717) is 0 Å². The van der Waals surface area contributed by atoms with Gasteiger partial charge in [0.2, 0.25) is 0 Å². The van der Waals surface area contributed by atoms with Crippen LogP contribution in [0.5, 0.6) is 0 Å². The van der Waals surface area contributed by atoms with Crippen molar-refractivity contribution in [1.82, 2.24) is 0 Å². The fourth-order valence-electron chi connectivity index (χ4n) is 1.02. The van der Waals surface area contributed by atoms with Crippen LogP contribution in [0.2, 0.25) is 0 Å². The average molecular weight is 298 g/mol. The standard InChI is InChI=1S/C4H12O6P2S.2Na.2H/c1-4(2,13)3(11(5,6)7)12(8,9)10;;;;/h3,13H,1-2H3,(H2,5,6,7)(H2,8,9,10);;;;/q;2*+1;2*-1. The molecule has 4 N–H and O–H groups in total. The fraction of sp³-hybridized carbons (Fsp3) is 1.00. The Kier molecular flexibility index (Phi) is 11.1. The Hall–Kier alpha value is 2.65. The second-order valence-electron chi connectivity index (χ2n) is 3.21. The molecule has 0 bridgehead atoms. The zero-order chi connectivity index (χ0) is 11.1. The maximum Gasteiger partial charge on any atom is 1.00 e. The molecule has 15 heavy (non-hydrogen) atoms. The molecule has 0 spiro atoms. The summed E-state index contributed by atoms with van der Waals surface area (Å²) in [5.74, 6) is 0. The molecule has 0 radical (unpaired) electrons. The Morgan fingerprint density at radius 3 is 1.27 bits per heavy atom. The van der Waals surface area contributed by atoms with Crippen LogP contribution in [0.1, 0.15) is 16.7 Å².